The molecule has 0 aliphatic carbocycles. The molecule has 0 aliphatic heterocycles. The maximum absolute atomic E-state index is 13.5. The predicted molar refractivity (Wildman–Crippen MR) is 81.6 cm³/mol. The average molecular weight is 303 g/mol. The Labute approximate surface area is 126 Å². The van der Waals surface area contributed by atoms with E-state index >= 15 is 0 Å². The first kappa shape index (κ1) is 15.6. The van der Waals surface area contributed by atoms with Gasteiger partial charge in [0, 0.05) is 5.69 Å². The van der Waals surface area contributed by atoms with Crippen LogP contribution < -0.4 is 10.7 Å². The van der Waals surface area contributed by atoms with Crippen LogP contribution in [0.25, 0.3) is 0 Å². The summed E-state index contributed by atoms with van der Waals surface area (Å²) in [5.74, 6) is -1.87. The Bertz CT molecular complexity index is 667. The molecule has 2 aromatic rings. The lowest BCUT2D eigenvalue weighted by molar-refractivity contribution is -0.119. The van der Waals surface area contributed by atoms with Crippen LogP contribution in [0.4, 0.5) is 14.5 Å². The number of nitrogens with zero attached hydrogens (tertiary/aromatic N) is 1. The van der Waals surface area contributed by atoms with Crippen molar-refractivity contribution in [2.75, 3.05) is 11.9 Å². The molecule has 2 rings (SSSR count). The minimum atomic E-state index is -0.724. The van der Waals surface area contributed by atoms with Crippen molar-refractivity contribution in [3.05, 3.63) is 65.7 Å². The van der Waals surface area contributed by atoms with E-state index in [9.17, 15) is 13.6 Å². The van der Waals surface area contributed by atoms with E-state index in [0.717, 1.165) is 17.8 Å². The normalized spacial score (nSPS) is 11.1. The van der Waals surface area contributed by atoms with Crippen LogP contribution in [0.1, 0.15) is 12.5 Å². The number of nitrogens with one attached hydrogen (secondary N) is 2. The molecule has 0 saturated heterocycles. The third-order valence-electron chi connectivity index (χ3n) is 2.90. The van der Waals surface area contributed by atoms with E-state index in [1.807, 2.05) is 30.3 Å². The van der Waals surface area contributed by atoms with Gasteiger partial charge in [0.25, 0.3) is 5.91 Å². The molecule has 0 unspecified atom stereocenters. The number of anilines is 1. The van der Waals surface area contributed by atoms with E-state index in [1.165, 1.54) is 13.0 Å². The lowest BCUT2D eigenvalue weighted by Crippen LogP contribution is -2.27. The largest absolute Gasteiger partial charge is 0.376 e. The van der Waals surface area contributed by atoms with Gasteiger partial charge in [0.2, 0.25) is 0 Å². The molecule has 0 aromatic heterocycles. The summed E-state index contributed by atoms with van der Waals surface area (Å²) in [6, 6.07) is 12.7. The summed E-state index contributed by atoms with van der Waals surface area (Å²) in [6.07, 6.45) is 0. The number of carbonyl (C=O) groups excluding carboxylic acids is 1. The van der Waals surface area contributed by atoms with E-state index in [1.54, 1.807) is 0 Å². The summed E-state index contributed by atoms with van der Waals surface area (Å²) in [6.45, 7) is 1.42. The quantitative estimate of drug-likeness (QED) is 0.659. The van der Waals surface area contributed by atoms with Crippen molar-refractivity contribution in [3.8, 4) is 0 Å². The molecule has 0 fully saturated rings. The standard InChI is InChI=1S/C16H15F2N3O/c1-11(16-13(17)8-5-9-14(16)18)20-21-15(22)10-19-12-6-3-2-4-7-12/h2-9,19H,10H2,1H3,(H,21,22)/b20-11-. The van der Waals surface area contributed by atoms with Crippen molar-refractivity contribution in [2.45, 2.75) is 6.92 Å². The molecular weight excluding hydrogens is 288 g/mol. The Morgan fingerprint density at radius 3 is 2.32 bits per heavy atom. The zero-order chi connectivity index (χ0) is 15.9. The molecule has 0 atom stereocenters. The molecule has 2 aromatic carbocycles. The number of halogens is 2. The SMILES string of the molecule is C/C(=N/NC(=O)CNc1ccccc1)c1c(F)cccc1F. The van der Waals surface area contributed by atoms with Gasteiger partial charge in [0.15, 0.2) is 0 Å². The molecule has 6 heteroatoms. The van der Waals surface area contributed by atoms with Gasteiger partial charge in [-0.15, -0.1) is 0 Å². The number of rotatable bonds is 5. The van der Waals surface area contributed by atoms with Gasteiger partial charge in [0.05, 0.1) is 17.8 Å². The second-order valence-electron chi connectivity index (χ2n) is 4.55. The van der Waals surface area contributed by atoms with Gasteiger partial charge in [0.1, 0.15) is 11.6 Å². The van der Waals surface area contributed by atoms with Gasteiger partial charge in [-0.25, -0.2) is 14.2 Å². The lowest BCUT2D eigenvalue weighted by Gasteiger charge is -2.07. The van der Waals surface area contributed by atoms with Crippen LogP contribution >= 0.6 is 0 Å². The molecule has 22 heavy (non-hydrogen) atoms. The third-order valence-corrected chi connectivity index (χ3v) is 2.90. The summed E-state index contributed by atoms with van der Waals surface area (Å²) in [7, 11) is 0. The number of para-hydroxylation sites is 1. The van der Waals surface area contributed by atoms with Gasteiger partial charge in [-0.05, 0) is 31.2 Å². The van der Waals surface area contributed by atoms with E-state index in [4.69, 9.17) is 0 Å². The first-order valence-electron chi connectivity index (χ1n) is 6.64. The Morgan fingerprint density at radius 2 is 1.68 bits per heavy atom. The first-order valence-corrected chi connectivity index (χ1v) is 6.64. The Hall–Kier alpha value is -2.76. The van der Waals surface area contributed by atoms with Gasteiger partial charge in [-0.2, -0.15) is 5.10 Å². The topological polar surface area (TPSA) is 53.5 Å². The van der Waals surface area contributed by atoms with Crippen molar-refractivity contribution in [3.63, 3.8) is 0 Å². The highest BCUT2D eigenvalue weighted by atomic mass is 19.1. The monoisotopic (exact) mass is 303 g/mol. The summed E-state index contributed by atoms with van der Waals surface area (Å²) in [5, 5.41) is 6.63. The fraction of sp³-hybridized carbons (Fsp3) is 0.125. The molecule has 0 heterocycles. The minimum Gasteiger partial charge on any atom is -0.376 e. The van der Waals surface area contributed by atoms with Gasteiger partial charge in [-0.3, -0.25) is 4.79 Å². The predicted octanol–water partition coefficient (Wildman–Crippen LogP) is 2.92. The Morgan fingerprint density at radius 1 is 1.05 bits per heavy atom. The van der Waals surface area contributed by atoms with Crippen molar-refractivity contribution < 1.29 is 13.6 Å². The summed E-state index contributed by atoms with van der Waals surface area (Å²) in [4.78, 5) is 11.7. The summed E-state index contributed by atoms with van der Waals surface area (Å²) >= 11 is 0. The Kier molecular flexibility index (Phi) is 5.19. The van der Waals surface area contributed by atoms with Crippen LogP contribution in [0.15, 0.2) is 53.6 Å². The fourth-order valence-electron chi connectivity index (χ4n) is 1.82. The molecule has 4 nitrogen and oxygen atoms in total. The van der Waals surface area contributed by atoms with Crippen molar-refractivity contribution >= 4 is 17.3 Å². The van der Waals surface area contributed by atoms with E-state index in [0.29, 0.717) is 0 Å². The zero-order valence-corrected chi connectivity index (χ0v) is 11.9. The average Bonchev–Trinajstić information content (AvgIpc) is 2.52. The van der Waals surface area contributed by atoms with E-state index < -0.39 is 17.5 Å². The molecule has 0 radical (unpaired) electrons. The van der Waals surface area contributed by atoms with Crippen LogP contribution in [0.3, 0.4) is 0 Å². The summed E-state index contributed by atoms with van der Waals surface area (Å²) < 4.78 is 27.1. The van der Waals surface area contributed by atoms with Crippen molar-refractivity contribution in [1.29, 1.82) is 0 Å². The van der Waals surface area contributed by atoms with Crippen LogP contribution in [0, 0.1) is 11.6 Å². The molecule has 2 N–H and O–H groups in total. The fourth-order valence-corrected chi connectivity index (χ4v) is 1.82. The first-order chi connectivity index (χ1) is 10.6. The maximum atomic E-state index is 13.5. The lowest BCUT2D eigenvalue weighted by atomic mass is 10.1. The van der Waals surface area contributed by atoms with Crippen LogP contribution in [-0.2, 0) is 4.79 Å². The number of hydrazone groups is 1. The number of carbonyl (C=O) groups is 1. The van der Waals surface area contributed by atoms with Crippen LogP contribution in [0.5, 0.6) is 0 Å². The molecule has 114 valence electrons. The van der Waals surface area contributed by atoms with E-state index in [2.05, 4.69) is 15.8 Å². The van der Waals surface area contributed by atoms with Crippen LogP contribution in [0.2, 0.25) is 0 Å². The third kappa shape index (κ3) is 4.12. The maximum Gasteiger partial charge on any atom is 0.259 e. The van der Waals surface area contributed by atoms with Crippen molar-refractivity contribution in [2.24, 2.45) is 5.10 Å². The molecule has 0 bridgehead atoms. The molecule has 1 amide bonds. The van der Waals surface area contributed by atoms with Gasteiger partial charge < -0.3 is 5.32 Å². The molecule has 0 saturated carbocycles. The molecule has 0 aliphatic rings. The minimum absolute atomic E-state index is 0.000543. The highest BCUT2D eigenvalue weighted by Crippen LogP contribution is 2.12. The number of benzene rings is 2. The second-order valence-corrected chi connectivity index (χ2v) is 4.55. The number of hydrogen-bond donors (Lipinski definition) is 2. The number of hydrogen-bond acceptors (Lipinski definition) is 3. The van der Waals surface area contributed by atoms with E-state index in [-0.39, 0.29) is 17.8 Å². The van der Waals surface area contributed by atoms with Crippen LogP contribution in [-0.4, -0.2) is 18.2 Å². The highest BCUT2D eigenvalue weighted by Gasteiger charge is 2.11. The Balaban J connectivity index is 1.94. The number of amides is 1. The van der Waals surface area contributed by atoms with Gasteiger partial charge in [-0.1, -0.05) is 24.3 Å². The smallest absolute Gasteiger partial charge is 0.259 e. The highest BCUT2D eigenvalue weighted by molar-refractivity contribution is 5.99. The molecule has 0 spiro atoms. The zero-order valence-electron chi connectivity index (χ0n) is 11.9. The van der Waals surface area contributed by atoms with Gasteiger partial charge >= 0.3 is 0 Å². The second kappa shape index (κ2) is 7.31. The molecular formula is C16H15F2N3O. The van der Waals surface area contributed by atoms with Crippen molar-refractivity contribution in [1.82, 2.24) is 5.43 Å². The summed E-state index contributed by atoms with van der Waals surface area (Å²) in [5.41, 5.74) is 2.86.